The number of carbonyl (C=O) groups is 2. The fourth-order valence-electron chi connectivity index (χ4n) is 3.97. The van der Waals surface area contributed by atoms with Gasteiger partial charge in [0, 0.05) is 30.4 Å². The number of Topliss-reactive ketones (excluding diaryl/α,β-unsaturated/α-hetero) is 1. The number of rotatable bonds is 6. The third-order valence-corrected chi connectivity index (χ3v) is 6.72. The van der Waals surface area contributed by atoms with Crippen molar-refractivity contribution in [2.24, 2.45) is 0 Å². The SMILES string of the molecule is Cc1ccc(-n2c(SCC(=O)c3ccc(N4CCCC4=O)cc3)nc3ccccc3c2=O)nc1. The van der Waals surface area contributed by atoms with Crippen molar-refractivity contribution in [1.82, 2.24) is 14.5 Å². The second kappa shape index (κ2) is 9.23. The topological polar surface area (TPSA) is 85.2 Å². The first-order valence-corrected chi connectivity index (χ1v) is 12.0. The lowest BCUT2D eigenvalue weighted by molar-refractivity contribution is -0.117. The predicted molar refractivity (Wildman–Crippen MR) is 133 cm³/mol. The maximum absolute atomic E-state index is 13.3. The normalized spacial score (nSPS) is 13.6. The number of carbonyl (C=O) groups excluding carboxylic acids is 2. The lowest BCUT2D eigenvalue weighted by Crippen LogP contribution is -2.23. The summed E-state index contributed by atoms with van der Waals surface area (Å²) in [6.45, 7) is 2.64. The van der Waals surface area contributed by atoms with E-state index in [1.165, 1.54) is 16.3 Å². The maximum atomic E-state index is 13.3. The lowest BCUT2D eigenvalue weighted by Gasteiger charge is -2.15. The van der Waals surface area contributed by atoms with Gasteiger partial charge in [-0.1, -0.05) is 30.0 Å². The summed E-state index contributed by atoms with van der Waals surface area (Å²) < 4.78 is 1.46. The molecule has 0 N–H and O–H groups in total. The fraction of sp³-hybridized carbons (Fsp3) is 0.192. The number of fused-ring (bicyclic) bond motifs is 1. The molecule has 3 heterocycles. The van der Waals surface area contributed by atoms with E-state index in [1.54, 1.807) is 47.5 Å². The second-order valence-corrected chi connectivity index (χ2v) is 9.10. The van der Waals surface area contributed by atoms with Crippen molar-refractivity contribution in [3.8, 4) is 5.82 Å². The van der Waals surface area contributed by atoms with Gasteiger partial charge in [0.1, 0.15) is 5.82 Å². The molecule has 1 fully saturated rings. The van der Waals surface area contributed by atoms with Gasteiger partial charge in [-0.3, -0.25) is 14.4 Å². The molecule has 2 aromatic heterocycles. The van der Waals surface area contributed by atoms with E-state index in [0.29, 0.717) is 40.4 Å². The quantitative estimate of drug-likeness (QED) is 0.239. The maximum Gasteiger partial charge on any atom is 0.267 e. The first-order chi connectivity index (χ1) is 16.5. The van der Waals surface area contributed by atoms with Crippen LogP contribution in [0.25, 0.3) is 16.7 Å². The van der Waals surface area contributed by atoms with Crippen molar-refractivity contribution >= 4 is 40.0 Å². The van der Waals surface area contributed by atoms with Crippen LogP contribution in [0.2, 0.25) is 0 Å². The van der Waals surface area contributed by atoms with Gasteiger partial charge < -0.3 is 4.90 Å². The molecule has 0 radical (unpaired) electrons. The van der Waals surface area contributed by atoms with Crippen LogP contribution in [0.15, 0.2) is 76.8 Å². The minimum absolute atomic E-state index is 0.0879. The van der Waals surface area contributed by atoms with Crippen LogP contribution in [0, 0.1) is 6.92 Å². The van der Waals surface area contributed by atoms with Gasteiger partial charge in [-0.2, -0.15) is 0 Å². The molecular weight excluding hydrogens is 448 g/mol. The summed E-state index contributed by atoms with van der Waals surface area (Å²) in [6.07, 6.45) is 3.11. The highest BCUT2D eigenvalue weighted by Crippen LogP contribution is 2.24. The number of hydrogen-bond donors (Lipinski definition) is 0. The van der Waals surface area contributed by atoms with Gasteiger partial charge in [0.15, 0.2) is 10.9 Å². The number of nitrogens with zero attached hydrogens (tertiary/aromatic N) is 4. The van der Waals surface area contributed by atoms with E-state index < -0.39 is 0 Å². The first-order valence-electron chi connectivity index (χ1n) is 11.0. The third kappa shape index (κ3) is 4.24. The zero-order valence-electron chi connectivity index (χ0n) is 18.6. The van der Waals surface area contributed by atoms with E-state index in [0.717, 1.165) is 17.7 Å². The van der Waals surface area contributed by atoms with Crippen molar-refractivity contribution in [1.29, 1.82) is 0 Å². The Balaban J connectivity index is 1.42. The molecule has 2 aromatic carbocycles. The molecule has 0 unspecified atom stereocenters. The Morgan fingerprint density at radius 3 is 2.53 bits per heavy atom. The summed E-state index contributed by atoms with van der Waals surface area (Å²) in [4.78, 5) is 49.0. The largest absolute Gasteiger partial charge is 0.312 e. The molecule has 1 aliphatic rings. The van der Waals surface area contributed by atoms with Crippen LogP contribution in [0.4, 0.5) is 5.69 Å². The van der Waals surface area contributed by atoms with E-state index in [4.69, 9.17) is 0 Å². The fourth-order valence-corrected chi connectivity index (χ4v) is 4.86. The molecule has 0 saturated carbocycles. The molecule has 0 bridgehead atoms. The van der Waals surface area contributed by atoms with Crippen LogP contribution in [-0.2, 0) is 4.79 Å². The number of amides is 1. The smallest absolute Gasteiger partial charge is 0.267 e. The Morgan fingerprint density at radius 1 is 1.03 bits per heavy atom. The Hall–Kier alpha value is -3.78. The molecule has 1 amide bonds. The Morgan fingerprint density at radius 2 is 1.82 bits per heavy atom. The number of hydrogen-bond acceptors (Lipinski definition) is 6. The van der Waals surface area contributed by atoms with Gasteiger partial charge >= 0.3 is 0 Å². The van der Waals surface area contributed by atoms with Gasteiger partial charge in [-0.15, -0.1) is 0 Å². The van der Waals surface area contributed by atoms with Gasteiger partial charge in [-0.25, -0.2) is 14.5 Å². The highest BCUT2D eigenvalue weighted by molar-refractivity contribution is 7.99. The average Bonchev–Trinajstić information content (AvgIpc) is 3.29. The number of ketones is 1. The minimum Gasteiger partial charge on any atom is -0.312 e. The van der Waals surface area contributed by atoms with Crippen LogP contribution in [-0.4, -0.2) is 38.5 Å². The molecule has 170 valence electrons. The van der Waals surface area contributed by atoms with Gasteiger partial charge in [0.05, 0.1) is 16.7 Å². The molecule has 0 spiro atoms. The predicted octanol–water partition coefficient (Wildman–Crippen LogP) is 4.19. The molecule has 1 saturated heterocycles. The standard InChI is InChI=1S/C26H22N4O3S/c1-17-8-13-23(27-15-17)30-25(33)20-5-2-3-6-21(20)28-26(30)34-16-22(31)18-9-11-19(12-10-18)29-14-4-7-24(29)32/h2-3,5-6,8-13,15H,4,7,14,16H2,1H3. The molecule has 0 atom stereocenters. The van der Waals surface area contributed by atoms with Crippen molar-refractivity contribution in [2.45, 2.75) is 24.9 Å². The minimum atomic E-state index is -0.225. The molecule has 4 aromatic rings. The molecule has 0 aliphatic carbocycles. The van der Waals surface area contributed by atoms with Crippen LogP contribution in [0.1, 0.15) is 28.8 Å². The zero-order valence-corrected chi connectivity index (χ0v) is 19.4. The molecular formula is C26H22N4O3S. The molecule has 5 rings (SSSR count). The first kappa shape index (κ1) is 22.0. The summed E-state index contributed by atoms with van der Waals surface area (Å²) >= 11 is 1.21. The third-order valence-electron chi connectivity index (χ3n) is 5.78. The highest BCUT2D eigenvalue weighted by atomic mass is 32.2. The number of anilines is 1. The zero-order chi connectivity index (χ0) is 23.7. The highest BCUT2D eigenvalue weighted by Gasteiger charge is 2.22. The summed E-state index contributed by atoms with van der Waals surface area (Å²) in [5.41, 5.74) is 2.68. The van der Waals surface area contributed by atoms with Gasteiger partial charge in [0.2, 0.25) is 5.91 Å². The average molecular weight is 471 g/mol. The van der Waals surface area contributed by atoms with E-state index in [-0.39, 0.29) is 23.0 Å². The lowest BCUT2D eigenvalue weighted by atomic mass is 10.1. The van der Waals surface area contributed by atoms with E-state index in [1.807, 2.05) is 31.2 Å². The van der Waals surface area contributed by atoms with Crippen molar-refractivity contribution in [2.75, 3.05) is 17.2 Å². The van der Waals surface area contributed by atoms with Crippen molar-refractivity contribution < 1.29 is 9.59 Å². The number of thioether (sulfide) groups is 1. The van der Waals surface area contributed by atoms with Crippen LogP contribution < -0.4 is 10.5 Å². The monoisotopic (exact) mass is 470 g/mol. The van der Waals surface area contributed by atoms with E-state index >= 15 is 0 Å². The van der Waals surface area contributed by atoms with Gasteiger partial charge in [-0.05, 0) is 61.4 Å². The summed E-state index contributed by atoms with van der Waals surface area (Å²) in [7, 11) is 0. The summed E-state index contributed by atoms with van der Waals surface area (Å²) in [5.74, 6) is 0.594. The summed E-state index contributed by atoms with van der Waals surface area (Å²) in [6, 6.07) is 17.9. The second-order valence-electron chi connectivity index (χ2n) is 8.15. The number of para-hydroxylation sites is 1. The van der Waals surface area contributed by atoms with Crippen LogP contribution in [0.5, 0.6) is 0 Å². The molecule has 34 heavy (non-hydrogen) atoms. The number of pyridine rings is 1. The summed E-state index contributed by atoms with van der Waals surface area (Å²) in [5, 5.41) is 0.903. The van der Waals surface area contributed by atoms with Crippen LogP contribution in [0.3, 0.4) is 0 Å². The number of aryl methyl sites for hydroxylation is 1. The number of aromatic nitrogens is 3. The molecule has 7 nitrogen and oxygen atoms in total. The van der Waals surface area contributed by atoms with Gasteiger partial charge in [0.25, 0.3) is 5.56 Å². The van der Waals surface area contributed by atoms with E-state index in [2.05, 4.69) is 9.97 Å². The molecule has 8 heteroatoms. The van der Waals surface area contributed by atoms with E-state index in [9.17, 15) is 14.4 Å². The molecule has 1 aliphatic heterocycles. The Labute approximate surface area is 200 Å². The van der Waals surface area contributed by atoms with Crippen LogP contribution >= 0.6 is 11.8 Å². The van der Waals surface area contributed by atoms with Crippen molar-refractivity contribution in [3.05, 3.63) is 88.3 Å². The Kier molecular flexibility index (Phi) is 5.98. The number of benzene rings is 2. The Bertz CT molecular complexity index is 1450. The van der Waals surface area contributed by atoms with Crippen molar-refractivity contribution in [3.63, 3.8) is 0 Å².